The highest BCUT2D eigenvalue weighted by atomic mass is 32.2. The number of carbonyl (C=O) groups is 1. The van der Waals surface area contributed by atoms with Crippen LogP contribution in [0.5, 0.6) is 0 Å². The van der Waals surface area contributed by atoms with Gasteiger partial charge in [0, 0.05) is 57.2 Å². The number of rotatable bonds is 9. The van der Waals surface area contributed by atoms with Crippen molar-refractivity contribution in [2.24, 2.45) is 0 Å². The van der Waals surface area contributed by atoms with Gasteiger partial charge in [-0.15, -0.1) is 0 Å². The number of carbonyl (C=O) groups excluding carboxylic acids is 1. The quantitative estimate of drug-likeness (QED) is 0.552. The number of piperidine rings is 1. The fraction of sp³-hybridized carbons (Fsp3) is 0.500. The summed E-state index contributed by atoms with van der Waals surface area (Å²) in [4.78, 5) is 19.7. The summed E-state index contributed by atoms with van der Waals surface area (Å²) < 4.78 is 28.0. The van der Waals surface area contributed by atoms with Crippen molar-refractivity contribution in [1.29, 1.82) is 0 Å². The summed E-state index contributed by atoms with van der Waals surface area (Å²) in [5.41, 5.74) is 2.54. The molecule has 1 amide bonds. The molecule has 1 unspecified atom stereocenters. The Kier molecular flexibility index (Phi) is 8.64. The standard InChI is InChI=1S/C26H37N5O3S/c1-29-16-18-30(19-17-29)20-25(22-8-4-2-5-9-22)27-26(32)21-35(33,34)28-23-10-12-24(13-11-23)31-14-6-3-7-15-31/h2,4-5,8-13,25,28H,3,6-7,14-21H2,1H3,(H,27,32). The maximum absolute atomic E-state index is 12.8. The van der Waals surface area contributed by atoms with Crippen molar-refractivity contribution in [2.45, 2.75) is 25.3 Å². The van der Waals surface area contributed by atoms with Crippen LogP contribution in [0.2, 0.25) is 0 Å². The molecular formula is C26H37N5O3S. The predicted octanol–water partition coefficient (Wildman–Crippen LogP) is 2.52. The van der Waals surface area contributed by atoms with Gasteiger partial charge < -0.3 is 15.1 Å². The number of piperazine rings is 1. The predicted molar refractivity (Wildman–Crippen MR) is 141 cm³/mol. The lowest BCUT2D eigenvalue weighted by molar-refractivity contribution is -0.119. The third kappa shape index (κ3) is 7.68. The number of nitrogens with zero attached hydrogens (tertiary/aromatic N) is 3. The van der Waals surface area contributed by atoms with Gasteiger partial charge in [-0.1, -0.05) is 30.3 Å². The molecule has 9 heteroatoms. The maximum atomic E-state index is 12.8. The van der Waals surface area contributed by atoms with E-state index in [9.17, 15) is 13.2 Å². The molecule has 0 spiro atoms. The molecule has 2 aromatic carbocycles. The number of benzene rings is 2. The van der Waals surface area contributed by atoms with Crippen LogP contribution < -0.4 is 14.9 Å². The van der Waals surface area contributed by atoms with Gasteiger partial charge in [0.1, 0.15) is 5.75 Å². The molecule has 2 aromatic rings. The van der Waals surface area contributed by atoms with Crippen LogP contribution in [0.3, 0.4) is 0 Å². The Hall–Kier alpha value is -2.62. The molecule has 1 atom stereocenters. The molecule has 2 aliphatic heterocycles. The zero-order valence-electron chi connectivity index (χ0n) is 20.5. The Balaban J connectivity index is 1.35. The number of amides is 1. The maximum Gasteiger partial charge on any atom is 0.241 e. The van der Waals surface area contributed by atoms with Crippen molar-refractivity contribution in [1.82, 2.24) is 15.1 Å². The highest BCUT2D eigenvalue weighted by Crippen LogP contribution is 2.22. The first-order chi connectivity index (χ1) is 16.9. The van der Waals surface area contributed by atoms with Crippen LogP contribution in [-0.4, -0.2) is 82.7 Å². The normalized spacial score (nSPS) is 18.7. The lowest BCUT2D eigenvalue weighted by Crippen LogP contribution is -2.48. The van der Waals surface area contributed by atoms with Crippen LogP contribution >= 0.6 is 0 Å². The fourth-order valence-corrected chi connectivity index (χ4v) is 5.72. The second kappa shape index (κ2) is 11.9. The third-order valence-corrected chi connectivity index (χ3v) is 7.95. The first-order valence-electron chi connectivity index (χ1n) is 12.5. The summed E-state index contributed by atoms with van der Waals surface area (Å²) in [6.45, 7) is 6.50. The molecule has 2 fully saturated rings. The second-order valence-electron chi connectivity index (χ2n) is 9.59. The summed E-state index contributed by atoms with van der Waals surface area (Å²) in [6.07, 6.45) is 3.63. The fourth-order valence-electron chi connectivity index (χ4n) is 4.72. The molecule has 2 aliphatic rings. The van der Waals surface area contributed by atoms with Crippen LogP contribution in [0.25, 0.3) is 0 Å². The zero-order chi connectivity index (χ0) is 24.7. The van der Waals surface area contributed by atoms with E-state index < -0.39 is 21.7 Å². The van der Waals surface area contributed by atoms with Gasteiger partial charge in [-0.3, -0.25) is 14.4 Å². The van der Waals surface area contributed by atoms with Crippen molar-refractivity contribution < 1.29 is 13.2 Å². The zero-order valence-corrected chi connectivity index (χ0v) is 21.3. The minimum absolute atomic E-state index is 0.272. The van der Waals surface area contributed by atoms with Gasteiger partial charge in [-0.05, 0) is 56.1 Å². The Morgan fingerprint density at radius 2 is 1.54 bits per heavy atom. The SMILES string of the molecule is CN1CCN(CC(NC(=O)CS(=O)(=O)Nc2ccc(N3CCCCC3)cc2)c2ccccc2)CC1. The van der Waals surface area contributed by atoms with E-state index in [-0.39, 0.29) is 6.04 Å². The Bertz CT molecular complexity index is 1050. The topological polar surface area (TPSA) is 85.0 Å². The van der Waals surface area contributed by atoms with E-state index in [1.165, 1.54) is 19.3 Å². The van der Waals surface area contributed by atoms with Gasteiger partial charge in [0.25, 0.3) is 0 Å². The van der Waals surface area contributed by atoms with E-state index in [2.05, 4.69) is 31.8 Å². The van der Waals surface area contributed by atoms with Gasteiger partial charge in [0.2, 0.25) is 15.9 Å². The summed E-state index contributed by atoms with van der Waals surface area (Å²) in [5.74, 6) is -1.13. The van der Waals surface area contributed by atoms with Crippen LogP contribution in [-0.2, 0) is 14.8 Å². The van der Waals surface area contributed by atoms with Crippen LogP contribution in [0.1, 0.15) is 30.9 Å². The molecule has 0 saturated carbocycles. The summed E-state index contributed by atoms with van der Waals surface area (Å²) in [5, 5.41) is 2.97. The largest absolute Gasteiger partial charge is 0.372 e. The smallest absolute Gasteiger partial charge is 0.241 e. The Morgan fingerprint density at radius 1 is 0.886 bits per heavy atom. The van der Waals surface area contributed by atoms with E-state index in [0.29, 0.717) is 12.2 Å². The van der Waals surface area contributed by atoms with Crippen molar-refractivity contribution in [3.8, 4) is 0 Å². The lowest BCUT2D eigenvalue weighted by atomic mass is 10.1. The number of likely N-dealkylation sites (N-methyl/N-ethyl adjacent to an activating group) is 1. The highest BCUT2D eigenvalue weighted by molar-refractivity contribution is 7.93. The van der Waals surface area contributed by atoms with Gasteiger partial charge >= 0.3 is 0 Å². The van der Waals surface area contributed by atoms with Gasteiger partial charge in [0.05, 0.1) is 6.04 Å². The van der Waals surface area contributed by atoms with Crippen molar-refractivity contribution >= 4 is 27.3 Å². The molecule has 8 nitrogen and oxygen atoms in total. The van der Waals surface area contributed by atoms with E-state index in [1.807, 2.05) is 42.5 Å². The third-order valence-electron chi connectivity index (χ3n) is 6.76. The Morgan fingerprint density at radius 3 is 2.20 bits per heavy atom. The number of hydrogen-bond acceptors (Lipinski definition) is 6. The monoisotopic (exact) mass is 499 g/mol. The molecule has 0 aromatic heterocycles. The van der Waals surface area contributed by atoms with Crippen LogP contribution in [0, 0.1) is 0 Å². The van der Waals surface area contributed by atoms with Crippen LogP contribution in [0.4, 0.5) is 11.4 Å². The highest BCUT2D eigenvalue weighted by Gasteiger charge is 2.24. The first-order valence-corrected chi connectivity index (χ1v) is 14.1. The van der Waals surface area contributed by atoms with E-state index in [1.54, 1.807) is 12.1 Å². The average molecular weight is 500 g/mol. The molecular weight excluding hydrogens is 462 g/mol. The number of sulfonamides is 1. The summed E-state index contributed by atoms with van der Waals surface area (Å²) >= 11 is 0. The minimum Gasteiger partial charge on any atom is -0.372 e. The molecule has 2 saturated heterocycles. The second-order valence-corrected chi connectivity index (χ2v) is 11.3. The summed E-state index contributed by atoms with van der Waals surface area (Å²) in [6, 6.07) is 16.9. The first kappa shape index (κ1) is 25.5. The molecule has 2 heterocycles. The van der Waals surface area contributed by atoms with Crippen LogP contribution in [0.15, 0.2) is 54.6 Å². The minimum atomic E-state index is -3.84. The molecule has 4 rings (SSSR count). The van der Waals surface area contributed by atoms with E-state index in [4.69, 9.17) is 0 Å². The molecule has 190 valence electrons. The summed E-state index contributed by atoms with van der Waals surface area (Å²) in [7, 11) is -1.73. The molecule has 0 bridgehead atoms. The number of nitrogens with one attached hydrogen (secondary N) is 2. The average Bonchev–Trinajstić information content (AvgIpc) is 2.86. The molecule has 2 N–H and O–H groups in total. The van der Waals surface area contributed by atoms with E-state index >= 15 is 0 Å². The van der Waals surface area contributed by atoms with Crippen molar-refractivity contribution in [2.75, 3.05) is 68.2 Å². The van der Waals surface area contributed by atoms with Crippen molar-refractivity contribution in [3.05, 3.63) is 60.2 Å². The lowest BCUT2D eigenvalue weighted by Gasteiger charge is -2.35. The van der Waals surface area contributed by atoms with Crippen molar-refractivity contribution in [3.63, 3.8) is 0 Å². The van der Waals surface area contributed by atoms with Gasteiger partial charge in [-0.25, -0.2) is 8.42 Å². The van der Waals surface area contributed by atoms with Gasteiger partial charge in [0.15, 0.2) is 0 Å². The molecule has 0 aliphatic carbocycles. The molecule has 0 radical (unpaired) electrons. The Labute approximate surface area is 209 Å². The van der Waals surface area contributed by atoms with E-state index in [0.717, 1.165) is 50.5 Å². The van der Waals surface area contributed by atoms with Gasteiger partial charge in [-0.2, -0.15) is 0 Å². The molecule has 35 heavy (non-hydrogen) atoms. The number of hydrogen-bond donors (Lipinski definition) is 2. The number of anilines is 2.